The Morgan fingerprint density at radius 3 is 2.56 bits per heavy atom. The molecule has 56 valence electrons. The van der Waals surface area contributed by atoms with Crippen LogP contribution in [0.25, 0.3) is 0 Å². The van der Waals surface area contributed by atoms with Gasteiger partial charge in [0.15, 0.2) is 0 Å². The van der Waals surface area contributed by atoms with Crippen molar-refractivity contribution in [3.63, 3.8) is 0 Å². The van der Waals surface area contributed by atoms with Crippen LogP contribution in [-0.4, -0.2) is 17.7 Å². The van der Waals surface area contributed by atoms with E-state index in [9.17, 15) is 0 Å². The third kappa shape index (κ3) is 3.42. The third-order valence-corrected chi connectivity index (χ3v) is 1.22. The molecule has 0 bridgehead atoms. The SMILES string of the molecule is CCCN(N)[C@H](C)NN. The Labute approximate surface area is 56.1 Å². The predicted molar refractivity (Wildman–Crippen MR) is 38.0 cm³/mol. The van der Waals surface area contributed by atoms with Crippen LogP contribution in [-0.2, 0) is 0 Å². The van der Waals surface area contributed by atoms with Gasteiger partial charge in [0, 0.05) is 6.54 Å². The van der Waals surface area contributed by atoms with Gasteiger partial charge in [-0.15, -0.1) is 0 Å². The molecule has 4 nitrogen and oxygen atoms in total. The van der Waals surface area contributed by atoms with Crippen LogP contribution in [0.2, 0.25) is 0 Å². The first-order valence-corrected chi connectivity index (χ1v) is 3.19. The van der Waals surface area contributed by atoms with Crippen LogP contribution < -0.4 is 17.1 Å². The summed E-state index contributed by atoms with van der Waals surface area (Å²) in [5.74, 6) is 10.7. The number of nitrogens with zero attached hydrogens (tertiary/aromatic N) is 1. The van der Waals surface area contributed by atoms with Crippen molar-refractivity contribution in [2.24, 2.45) is 11.7 Å². The molecule has 0 aliphatic carbocycles. The minimum absolute atomic E-state index is 0.0601. The topological polar surface area (TPSA) is 67.3 Å². The molecule has 9 heavy (non-hydrogen) atoms. The molecular formula is C5H16N4. The van der Waals surface area contributed by atoms with Crippen LogP contribution in [0.5, 0.6) is 0 Å². The molecule has 0 spiro atoms. The van der Waals surface area contributed by atoms with Gasteiger partial charge in [-0.05, 0) is 13.3 Å². The summed E-state index contributed by atoms with van der Waals surface area (Å²) in [6, 6.07) is 0. The van der Waals surface area contributed by atoms with Gasteiger partial charge in [-0.3, -0.25) is 11.7 Å². The van der Waals surface area contributed by atoms with Crippen molar-refractivity contribution >= 4 is 0 Å². The van der Waals surface area contributed by atoms with Crippen LogP contribution in [0.4, 0.5) is 0 Å². The quantitative estimate of drug-likeness (QED) is 0.271. The fourth-order valence-electron chi connectivity index (χ4n) is 0.548. The smallest absolute Gasteiger partial charge is 0.0827 e. The lowest BCUT2D eigenvalue weighted by Gasteiger charge is -2.21. The highest BCUT2D eigenvalue weighted by atomic mass is 15.5. The molecule has 0 fully saturated rings. The molecule has 0 heterocycles. The van der Waals surface area contributed by atoms with Gasteiger partial charge in [0.25, 0.3) is 0 Å². The molecule has 5 N–H and O–H groups in total. The van der Waals surface area contributed by atoms with Crippen molar-refractivity contribution in [1.29, 1.82) is 0 Å². The number of hydrazine groups is 2. The van der Waals surface area contributed by atoms with Gasteiger partial charge in [-0.2, -0.15) is 0 Å². The Hall–Kier alpha value is -0.160. The van der Waals surface area contributed by atoms with Gasteiger partial charge in [-0.25, -0.2) is 10.4 Å². The number of hydrogen-bond donors (Lipinski definition) is 3. The minimum atomic E-state index is 0.0601. The predicted octanol–water partition coefficient (Wildman–Crippen LogP) is -0.619. The molecule has 1 atom stereocenters. The van der Waals surface area contributed by atoms with Gasteiger partial charge < -0.3 is 0 Å². The maximum atomic E-state index is 5.53. The first-order chi connectivity index (χ1) is 4.22. The van der Waals surface area contributed by atoms with Crippen LogP contribution >= 0.6 is 0 Å². The Morgan fingerprint density at radius 2 is 2.22 bits per heavy atom. The van der Waals surface area contributed by atoms with Gasteiger partial charge in [0.1, 0.15) is 0 Å². The largest absolute Gasteiger partial charge is 0.270 e. The van der Waals surface area contributed by atoms with E-state index in [1.165, 1.54) is 0 Å². The van der Waals surface area contributed by atoms with Crippen molar-refractivity contribution in [2.75, 3.05) is 6.54 Å². The van der Waals surface area contributed by atoms with Crippen molar-refractivity contribution in [3.05, 3.63) is 0 Å². The summed E-state index contributed by atoms with van der Waals surface area (Å²) in [6.07, 6.45) is 1.10. The number of nitrogens with two attached hydrogens (primary N) is 2. The standard InChI is InChI=1S/C5H16N4/c1-3-4-9(7)5(2)8-6/h5,8H,3-4,6-7H2,1-2H3/t5-/m1/s1. The normalized spacial score (nSPS) is 14.3. The second kappa shape index (κ2) is 4.69. The summed E-state index contributed by atoms with van der Waals surface area (Å²) in [5.41, 5.74) is 2.55. The summed E-state index contributed by atoms with van der Waals surface area (Å²) in [6.45, 7) is 4.85. The molecule has 0 aliphatic heterocycles. The molecule has 0 aliphatic rings. The Morgan fingerprint density at radius 1 is 1.67 bits per heavy atom. The number of rotatable bonds is 4. The fourth-order valence-corrected chi connectivity index (χ4v) is 0.548. The van der Waals surface area contributed by atoms with E-state index in [-0.39, 0.29) is 6.17 Å². The zero-order valence-corrected chi connectivity index (χ0v) is 6.09. The third-order valence-electron chi connectivity index (χ3n) is 1.22. The summed E-state index contributed by atoms with van der Waals surface area (Å²) < 4.78 is 0. The zero-order valence-electron chi connectivity index (χ0n) is 6.09. The molecule has 0 rings (SSSR count). The van der Waals surface area contributed by atoms with E-state index in [2.05, 4.69) is 12.3 Å². The van der Waals surface area contributed by atoms with Gasteiger partial charge >= 0.3 is 0 Å². The van der Waals surface area contributed by atoms with E-state index < -0.39 is 0 Å². The molecule has 0 amide bonds. The maximum absolute atomic E-state index is 5.53. The average molecular weight is 132 g/mol. The van der Waals surface area contributed by atoms with E-state index in [1.54, 1.807) is 5.01 Å². The highest BCUT2D eigenvalue weighted by molar-refractivity contribution is 4.52. The second-order valence-corrected chi connectivity index (χ2v) is 2.08. The van der Waals surface area contributed by atoms with E-state index in [0.717, 1.165) is 13.0 Å². The highest BCUT2D eigenvalue weighted by Crippen LogP contribution is 1.86. The lowest BCUT2D eigenvalue weighted by atomic mass is 10.4. The Kier molecular flexibility index (Phi) is 4.61. The molecule has 0 saturated carbocycles. The average Bonchev–Trinajstić information content (AvgIpc) is 1.87. The highest BCUT2D eigenvalue weighted by Gasteiger charge is 2.03. The van der Waals surface area contributed by atoms with Crippen LogP contribution in [0.15, 0.2) is 0 Å². The second-order valence-electron chi connectivity index (χ2n) is 2.08. The van der Waals surface area contributed by atoms with Crippen molar-refractivity contribution in [3.8, 4) is 0 Å². The monoisotopic (exact) mass is 132 g/mol. The molecule has 0 aromatic rings. The first kappa shape index (κ1) is 8.84. The Balaban J connectivity index is 3.32. The molecule has 0 radical (unpaired) electrons. The summed E-state index contributed by atoms with van der Waals surface area (Å²) in [4.78, 5) is 0. The van der Waals surface area contributed by atoms with Gasteiger partial charge in [0.2, 0.25) is 0 Å². The summed E-state index contributed by atoms with van der Waals surface area (Å²) in [5, 5.41) is 1.67. The molecular weight excluding hydrogens is 116 g/mol. The molecule has 0 aromatic carbocycles. The zero-order chi connectivity index (χ0) is 7.28. The van der Waals surface area contributed by atoms with Crippen molar-refractivity contribution in [2.45, 2.75) is 26.4 Å². The maximum Gasteiger partial charge on any atom is 0.0827 e. The molecule has 0 unspecified atom stereocenters. The lowest BCUT2D eigenvalue weighted by molar-refractivity contribution is 0.183. The lowest BCUT2D eigenvalue weighted by Crippen LogP contribution is -2.50. The van der Waals surface area contributed by atoms with Crippen molar-refractivity contribution in [1.82, 2.24) is 10.4 Å². The summed E-state index contributed by atoms with van der Waals surface area (Å²) >= 11 is 0. The van der Waals surface area contributed by atoms with E-state index >= 15 is 0 Å². The molecule has 4 heteroatoms. The van der Waals surface area contributed by atoms with E-state index in [1.807, 2.05) is 6.92 Å². The Bertz CT molecular complexity index is 66.0. The fraction of sp³-hybridized carbons (Fsp3) is 1.00. The number of nitrogens with one attached hydrogen (secondary N) is 1. The van der Waals surface area contributed by atoms with Gasteiger partial charge in [-0.1, -0.05) is 6.92 Å². The summed E-state index contributed by atoms with van der Waals surface area (Å²) in [7, 11) is 0. The van der Waals surface area contributed by atoms with Crippen LogP contribution in [0, 0.1) is 0 Å². The van der Waals surface area contributed by atoms with Gasteiger partial charge in [0.05, 0.1) is 6.17 Å². The first-order valence-electron chi connectivity index (χ1n) is 3.19. The van der Waals surface area contributed by atoms with E-state index in [0.29, 0.717) is 0 Å². The van der Waals surface area contributed by atoms with Crippen LogP contribution in [0.3, 0.4) is 0 Å². The van der Waals surface area contributed by atoms with E-state index in [4.69, 9.17) is 11.7 Å². The molecule has 0 saturated heterocycles. The molecule has 0 aromatic heterocycles. The van der Waals surface area contributed by atoms with Crippen molar-refractivity contribution < 1.29 is 0 Å². The minimum Gasteiger partial charge on any atom is -0.270 e. The number of hydrogen-bond acceptors (Lipinski definition) is 4. The van der Waals surface area contributed by atoms with Crippen LogP contribution in [0.1, 0.15) is 20.3 Å².